The molecule has 0 spiro atoms. The zero-order valence-electron chi connectivity index (χ0n) is 15.1. The van der Waals surface area contributed by atoms with Crippen LogP contribution in [0.3, 0.4) is 0 Å². The monoisotopic (exact) mass is 337 g/mol. The van der Waals surface area contributed by atoms with Crippen LogP contribution in [-0.2, 0) is 9.53 Å². The predicted octanol–water partition coefficient (Wildman–Crippen LogP) is 4.26. The Morgan fingerprint density at radius 2 is 1.48 bits per heavy atom. The minimum Gasteiger partial charge on any atom is -0.461 e. The van der Waals surface area contributed by atoms with Gasteiger partial charge in [-0.15, -0.1) is 0 Å². The van der Waals surface area contributed by atoms with Gasteiger partial charge in [-0.3, -0.25) is 0 Å². The molecule has 0 saturated heterocycles. The molecule has 0 fully saturated rings. The molecule has 0 bridgehead atoms. The van der Waals surface area contributed by atoms with Crippen LogP contribution in [0.4, 0.5) is 0 Å². The average molecular weight is 337 g/mol. The van der Waals surface area contributed by atoms with Crippen molar-refractivity contribution >= 4 is 5.97 Å². The first-order valence-electron chi connectivity index (χ1n) is 8.91. The quantitative estimate of drug-likeness (QED) is 0.506. The van der Waals surface area contributed by atoms with Gasteiger partial charge in [-0.25, -0.2) is 4.79 Å². The van der Waals surface area contributed by atoms with Gasteiger partial charge < -0.3 is 9.64 Å². The largest absolute Gasteiger partial charge is 0.461 e. The molecule has 3 heteroatoms. The highest BCUT2D eigenvalue weighted by Gasteiger charge is 2.11. The fourth-order valence-electron chi connectivity index (χ4n) is 2.77. The molecule has 0 heterocycles. The van der Waals surface area contributed by atoms with Gasteiger partial charge in [-0.1, -0.05) is 80.6 Å². The molecule has 25 heavy (non-hydrogen) atoms. The van der Waals surface area contributed by atoms with Crippen molar-refractivity contribution in [2.75, 3.05) is 26.2 Å². The van der Waals surface area contributed by atoms with Crippen molar-refractivity contribution in [3.63, 3.8) is 0 Å². The van der Waals surface area contributed by atoms with Gasteiger partial charge in [-0.2, -0.15) is 0 Å². The second kappa shape index (κ2) is 10.5. The van der Waals surface area contributed by atoms with E-state index in [0.29, 0.717) is 6.61 Å². The fourth-order valence-corrected chi connectivity index (χ4v) is 2.77. The molecule has 0 unspecified atom stereocenters. The minimum atomic E-state index is -0.288. The van der Waals surface area contributed by atoms with Crippen molar-refractivity contribution < 1.29 is 9.53 Å². The molecule has 3 nitrogen and oxygen atoms in total. The number of nitrogens with zero attached hydrogens (tertiary/aromatic N) is 1. The van der Waals surface area contributed by atoms with Crippen LogP contribution >= 0.6 is 0 Å². The van der Waals surface area contributed by atoms with Crippen LogP contribution in [0, 0.1) is 0 Å². The number of rotatable bonds is 9. The van der Waals surface area contributed by atoms with Crippen molar-refractivity contribution in [1.82, 2.24) is 4.90 Å². The lowest BCUT2D eigenvalue weighted by Gasteiger charge is -2.17. The number of ether oxygens (including phenoxy) is 1. The van der Waals surface area contributed by atoms with E-state index in [2.05, 4.69) is 43.0 Å². The molecule has 0 aromatic heterocycles. The second-order valence-corrected chi connectivity index (χ2v) is 5.85. The first-order valence-corrected chi connectivity index (χ1v) is 8.91. The summed E-state index contributed by atoms with van der Waals surface area (Å²) in [7, 11) is 0. The topological polar surface area (TPSA) is 29.5 Å². The van der Waals surface area contributed by atoms with Crippen LogP contribution in [0.1, 0.15) is 30.9 Å². The van der Waals surface area contributed by atoms with Gasteiger partial charge in [0.15, 0.2) is 0 Å². The Morgan fingerprint density at radius 1 is 0.960 bits per heavy atom. The van der Waals surface area contributed by atoms with Crippen LogP contribution in [0.25, 0.3) is 0 Å². The summed E-state index contributed by atoms with van der Waals surface area (Å²) >= 11 is 0. The first-order chi connectivity index (χ1) is 12.2. The standard InChI is InChI=1S/C22H27NO2/c1-3-23(4-2)17-18-25-22(24)16-15-21(19-11-7-5-8-12-19)20-13-9-6-10-14-20/h5-16,21H,3-4,17-18H2,1-2H3/b16-15+. The summed E-state index contributed by atoms with van der Waals surface area (Å²) in [6, 6.07) is 20.4. The highest BCUT2D eigenvalue weighted by atomic mass is 16.5. The fraction of sp³-hybridized carbons (Fsp3) is 0.318. The third-order valence-electron chi connectivity index (χ3n) is 4.29. The molecule has 0 N–H and O–H groups in total. The molecule has 0 atom stereocenters. The van der Waals surface area contributed by atoms with Crippen LogP contribution in [0.5, 0.6) is 0 Å². The maximum Gasteiger partial charge on any atom is 0.330 e. The maximum absolute atomic E-state index is 12.0. The number of allylic oxidation sites excluding steroid dienone is 1. The Kier molecular flexibility index (Phi) is 7.93. The van der Waals surface area contributed by atoms with Gasteiger partial charge >= 0.3 is 5.97 Å². The lowest BCUT2D eigenvalue weighted by Crippen LogP contribution is -2.27. The molecular weight excluding hydrogens is 310 g/mol. The highest BCUT2D eigenvalue weighted by Crippen LogP contribution is 2.25. The number of carbonyl (C=O) groups excluding carboxylic acids is 1. The second-order valence-electron chi connectivity index (χ2n) is 5.85. The van der Waals surface area contributed by atoms with Crippen molar-refractivity contribution in [3.05, 3.63) is 83.9 Å². The van der Waals surface area contributed by atoms with Crippen molar-refractivity contribution in [2.45, 2.75) is 19.8 Å². The van der Waals surface area contributed by atoms with E-state index in [1.807, 2.05) is 42.5 Å². The van der Waals surface area contributed by atoms with E-state index in [4.69, 9.17) is 4.74 Å². The summed E-state index contributed by atoms with van der Waals surface area (Å²) in [6.45, 7) is 7.34. The summed E-state index contributed by atoms with van der Waals surface area (Å²) < 4.78 is 5.33. The molecule has 0 saturated carbocycles. The van der Waals surface area contributed by atoms with E-state index in [9.17, 15) is 4.79 Å². The summed E-state index contributed by atoms with van der Waals surface area (Å²) in [5, 5.41) is 0. The van der Waals surface area contributed by atoms with Crippen molar-refractivity contribution in [3.8, 4) is 0 Å². The van der Waals surface area contributed by atoms with Gasteiger partial charge in [0, 0.05) is 18.5 Å². The zero-order chi connectivity index (χ0) is 17.9. The third kappa shape index (κ3) is 6.20. The van der Waals surface area contributed by atoms with E-state index in [-0.39, 0.29) is 11.9 Å². The lowest BCUT2D eigenvalue weighted by molar-refractivity contribution is -0.138. The van der Waals surface area contributed by atoms with Crippen LogP contribution in [0.15, 0.2) is 72.8 Å². The highest BCUT2D eigenvalue weighted by molar-refractivity contribution is 5.82. The minimum absolute atomic E-state index is 0.0396. The molecule has 0 aliphatic heterocycles. The number of hydrogen-bond donors (Lipinski definition) is 0. The molecule has 132 valence electrons. The molecule has 0 radical (unpaired) electrons. The number of benzene rings is 2. The van der Waals surface area contributed by atoms with E-state index in [1.54, 1.807) is 6.08 Å². The molecule has 0 aliphatic carbocycles. The molecular formula is C22H27NO2. The third-order valence-corrected chi connectivity index (χ3v) is 4.29. The van der Waals surface area contributed by atoms with Gasteiger partial charge in [0.05, 0.1) is 0 Å². The van der Waals surface area contributed by atoms with E-state index in [1.165, 1.54) is 0 Å². The molecule has 2 aromatic rings. The van der Waals surface area contributed by atoms with Crippen LogP contribution < -0.4 is 0 Å². The van der Waals surface area contributed by atoms with E-state index in [0.717, 1.165) is 30.8 Å². The van der Waals surface area contributed by atoms with Crippen LogP contribution in [0.2, 0.25) is 0 Å². The number of likely N-dealkylation sites (N-methyl/N-ethyl adjacent to an activating group) is 1. The Morgan fingerprint density at radius 3 is 1.96 bits per heavy atom. The Labute approximate surface area is 150 Å². The number of esters is 1. The Balaban J connectivity index is 2.02. The molecule has 2 rings (SSSR count). The SMILES string of the molecule is CCN(CC)CCOC(=O)/C=C/C(c1ccccc1)c1ccccc1. The summed E-state index contributed by atoms with van der Waals surface area (Å²) in [5.41, 5.74) is 2.31. The molecule has 0 amide bonds. The average Bonchev–Trinajstić information content (AvgIpc) is 2.67. The van der Waals surface area contributed by atoms with E-state index >= 15 is 0 Å². The summed E-state index contributed by atoms with van der Waals surface area (Å²) in [6.07, 6.45) is 3.47. The zero-order valence-corrected chi connectivity index (χ0v) is 15.1. The van der Waals surface area contributed by atoms with Gasteiger partial charge in [-0.05, 0) is 24.2 Å². The number of carbonyl (C=O) groups is 1. The van der Waals surface area contributed by atoms with E-state index < -0.39 is 0 Å². The summed E-state index contributed by atoms with van der Waals surface area (Å²) in [5.74, 6) is -0.248. The Hall–Kier alpha value is -2.39. The van der Waals surface area contributed by atoms with Crippen molar-refractivity contribution in [2.24, 2.45) is 0 Å². The molecule has 2 aromatic carbocycles. The van der Waals surface area contributed by atoms with Crippen molar-refractivity contribution in [1.29, 1.82) is 0 Å². The number of hydrogen-bond acceptors (Lipinski definition) is 3. The van der Waals surface area contributed by atoms with Gasteiger partial charge in [0.1, 0.15) is 6.61 Å². The normalized spacial score (nSPS) is 11.4. The molecule has 0 aliphatic rings. The Bertz CT molecular complexity index is 609. The first kappa shape index (κ1) is 18.9. The van der Waals surface area contributed by atoms with Crippen LogP contribution in [-0.4, -0.2) is 37.1 Å². The smallest absolute Gasteiger partial charge is 0.330 e. The maximum atomic E-state index is 12.0. The van der Waals surface area contributed by atoms with Gasteiger partial charge in [0.25, 0.3) is 0 Å². The summed E-state index contributed by atoms with van der Waals surface area (Å²) in [4.78, 5) is 14.3. The van der Waals surface area contributed by atoms with Gasteiger partial charge in [0.2, 0.25) is 0 Å². The lowest BCUT2D eigenvalue weighted by atomic mass is 9.91. The predicted molar refractivity (Wildman–Crippen MR) is 103 cm³/mol.